The van der Waals surface area contributed by atoms with Crippen LogP contribution in [0.5, 0.6) is 0 Å². The van der Waals surface area contributed by atoms with Crippen molar-refractivity contribution in [1.29, 1.82) is 0 Å². The normalized spacial score (nSPS) is 14.1. The van der Waals surface area contributed by atoms with E-state index in [4.69, 9.17) is 4.42 Å². The van der Waals surface area contributed by atoms with Crippen LogP contribution < -0.4 is 4.90 Å². The molecule has 4 heteroatoms. The molecular weight excluding hydrogens is 342 g/mol. The number of nitrogens with zero attached hydrogens (tertiary/aromatic N) is 1. The minimum atomic E-state index is -0.0699. The van der Waals surface area contributed by atoms with E-state index < -0.39 is 0 Å². The first-order chi connectivity index (χ1) is 10.7. The van der Waals surface area contributed by atoms with Crippen LogP contribution in [0.25, 0.3) is 11.0 Å². The van der Waals surface area contributed by atoms with Crippen LogP contribution in [0.3, 0.4) is 0 Å². The molecular formula is C18H14BrNO2. The van der Waals surface area contributed by atoms with Crippen molar-refractivity contribution in [3.63, 3.8) is 0 Å². The summed E-state index contributed by atoms with van der Waals surface area (Å²) < 4.78 is 6.70. The van der Waals surface area contributed by atoms with E-state index in [-0.39, 0.29) is 5.91 Å². The maximum absolute atomic E-state index is 12.8. The molecule has 1 amide bonds. The zero-order chi connectivity index (χ0) is 15.1. The monoisotopic (exact) mass is 355 g/mol. The van der Waals surface area contributed by atoms with Gasteiger partial charge in [0.15, 0.2) is 5.76 Å². The molecule has 0 N–H and O–H groups in total. The number of amides is 1. The van der Waals surface area contributed by atoms with Crippen molar-refractivity contribution in [2.45, 2.75) is 12.8 Å². The number of hydrogen-bond donors (Lipinski definition) is 0. The Kier molecular flexibility index (Phi) is 3.26. The van der Waals surface area contributed by atoms with Gasteiger partial charge in [-0.2, -0.15) is 0 Å². The summed E-state index contributed by atoms with van der Waals surface area (Å²) in [4.78, 5) is 14.7. The van der Waals surface area contributed by atoms with Crippen LogP contribution in [0, 0.1) is 0 Å². The molecule has 1 aliphatic heterocycles. The maximum atomic E-state index is 12.8. The fourth-order valence-electron chi connectivity index (χ4n) is 2.99. The smallest absolute Gasteiger partial charge is 0.294 e. The van der Waals surface area contributed by atoms with Crippen molar-refractivity contribution in [3.8, 4) is 0 Å². The van der Waals surface area contributed by atoms with Crippen LogP contribution in [0.2, 0.25) is 0 Å². The second kappa shape index (κ2) is 5.29. The number of carbonyl (C=O) groups is 1. The molecule has 0 fully saturated rings. The second-order valence-electron chi connectivity index (χ2n) is 5.48. The molecule has 0 spiro atoms. The van der Waals surface area contributed by atoms with Crippen molar-refractivity contribution in [3.05, 3.63) is 64.3 Å². The fourth-order valence-corrected chi connectivity index (χ4v) is 3.33. The SMILES string of the molecule is O=C(c1cc2ccc(Br)cc2o1)N1CCCc2ccccc21. The molecule has 1 aliphatic rings. The lowest BCUT2D eigenvalue weighted by atomic mass is 10.0. The fraction of sp³-hybridized carbons (Fsp3) is 0.167. The van der Waals surface area contributed by atoms with Crippen molar-refractivity contribution in [2.75, 3.05) is 11.4 Å². The van der Waals surface area contributed by atoms with Gasteiger partial charge >= 0.3 is 0 Å². The third-order valence-corrected chi connectivity index (χ3v) is 4.54. The second-order valence-corrected chi connectivity index (χ2v) is 6.40. The molecule has 0 atom stereocenters. The molecule has 0 bridgehead atoms. The number of rotatable bonds is 1. The van der Waals surface area contributed by atoms with Crippen LogP contribution >= 0.6 is 15.9 Å². The molecule has 0 unspecified atom stereocenters. The van der Waals surface area contributed by atoms with Gasteiger partial charge < -0.3 is 9.32 Å². The molecule has 2 aromatic carbocycles. The van der Waals surface area contributed by atoms with Crippen LogP contribution in [-0.4, -0.2) is 12.5 Å². The number of benzene rings is 2. The van der Waals surface area contributed by atoms with Gasteiger partial charge in [0.2, 0.25) is 0 Å². The zero-order valence-corrected chi connectivity index (χ0v) is 13.5. The van der Waals surface area contributed by atoms with E-state index in [9.17, 15) is 4.79 Å². The summed E-state index contributed by atoms with van der Waals surface area (Å²) in [6, 6.07) is 15.7. The van der Waals surface area contributed by atoms with Crippen LogP contribution in [0.4, 0.5) is 5.69 Å². The first kappa shape index (κ1) is 13.6. The Bertz CT molecular complexity index is 868. The Morgan fingerprint density at radius 1 is 1.14 bits per heavy atom. The van der Waals surface area contributed by atoms with Crippen LogP contribution in [0.1, 0.15) is 22.5 Å². The van der Waals surface area contributed by atoms with Gasteiger partial charge in [0.05, 0.1) is 0 Å². The molecule has 4 rings (SSSR count). The van der Waals surface area contributed by atoms with E-state index in [1.54, 1.807) is 0 Å². The average Bonchev–Trinajstić information content (AvgIpc) is 2.96. The van der Waals surface area contributed by atoms with Crippen LogP contribution in [0.15, 0.2) is 57.4 Å². The summed E-state index contributed by atoms with van der Waals surface area (Å²) in [6.45, 7) is 0.733. The van der Waals surface area contributed by atoms with Gasteiger partial charge in [-0.25, -0.2) is 0 Å². The standard InChI is InChI=1S/C18H14BrNO2/c19-14-8-7-13-10-17(22-16(13)11-14)18(21)20-9-3-5-12-4-1-2-6-15(12)20/h1-2,4,6-8,10-11H,3,5,9H2. The van der Waals surface area contributed by atoms with Gasteiger partial charge in [0.1, 0.15) is 5.58 Å². The Morgan fingerprint density at radius 3 is 2.91 bits per heavy atom. The molecule has 0 saturated carbocycles. The molecule has 2 heterocycles. The zero-order valence-electron chi connectivity index (χ0n) is 11.9. The third kappa shape index (κ3) is 2.24. The quantitative estimate of drug-likeness (QED) is 0.628. The Balaban J connectivity index is 1.75. The molecule has 0 radical (unpaired) electrons. The van der Waals surface area contributed by atoms with Gasteiger partial charge in [-0.1, -0.05) is 34.1 Å². The molecule has 3 nitrogen and oxygen atoms in total. The maximum Gasteiger partial charge on any atom is 0.294 e. The lowest BCUT2D eigenvalue weighted by molar-refractivity contribution is 0.0960. The highest BCUT2D eigenvalue weighted by Crippen LogP contribution is 2.30. The van der Waals surface area contributed by atoms with Gasteiger partial charge in [-0.15, -0.1) is 0 Å². The van der Waals surface area contributed by atoms with Gasteiger partial charge in [-0.3, -0.25) is 4.79 Å². The first-order valence-corrected chi connectivity index (χ1v) is 8.10. The van der Waals surface area contributed by atoms with E-state index in [2.05, 4.69) is 22.0 Å². The van der Waals surface area contributed by atoms with Gasteiger partial charge in [-0.05, 0) is 48.7 Å². The molecule has 22 heavy (non-hydrogen) atoms. The van der Waals surface area contributed by atoms with Crippen LogP contribution in [-0.2, 0) is 6.42 Å². The minimum absolute atomic E-state index is 0.0699. The molecule has 1 aromatic heterocycles. The Morgan fingerprint density at radius 2 is 2.00 bits per heavy atom. The number of hydrogen-bond acceptors (Lipinski definition) is 2. The molecule has 110 valence electrons. The molecule has 3 aromatic rings. The number of anilines is 1. The molecule has 0 saturated heterocycles. The summed E-state index contributed by atoms with van der Waals surface area (Å²) in [5, 5.41) is 0.942. The highest BCUT2D eigenvalue weighted by atomic mass is 79.9. The number of halogens is 1. The summed E-state index contributed by atoms with van der Waals surface area (Å²) in [5.41, 5.74) is 2.95. The lowest BCUT2D eigenvalue weighted by Crippen LogP contribution is -2.35. The third-order valence-electron chi connectivity index (χ3n) is 4.05. The van der Waals surface area contributed by atoms with Gasteiger partial charge in [0, 0.05) is 22.1 Å². The summed E-state index contributed by atoms with van der Waals surface area (Å²) in [7, 11) is 0. The summed E-state index contributed by atoms with van der Waals surface area (Å²) in [5.74, 6) is 0.323. The van der Waals surface area contributed by atoms with Crippen molar-refractivity contribution >= 4 is 38.5 Å². The van der Waals surface area contributed by atoms with E-state index in [1.807, 2.05) is 47.4 Å². The van der Waals surface area contributed by atoms with Crippen molar-refractivity contribution in [2.24, 2.45) is 0 Å². The number of para-hydroxylation sites is 1. The van der Waals surface area contributed by atoms with Crippen molar-refractivity contribution < 1.29 is 9.21 Å². The number of furan rings is 1. The highest BCUT2D eigenvalue weighted by molar-refractivity contribution is 9.10. The predicted octanol–water partition coefficient (Wildman–Crippen LogP) is 4.79. The number of carbonyl (C=O) groups excluding carboxylic acids is 1. The summed E-state index contributed by atoms with van der Waals surface area (Å²) >= 11 is 3.42. The summed E-state index contributed by atoms with van der Waals surface area (Å²) in [6.07, 6.45) is 2.00. The highest BCUT2D eigenvalue weighted by Gasteiger charge is 2.25. The Hall–Kier alpha value is -2.07. The topological polar surface area (TPSA) is 33.5 Å². The largest absolute Gasteiger partial charge is 0.451 e. The van der Waals surface area contributed by atoms with E-state index in [0.29, 0.717) is 5.76 Å². The molecule has 0 aliphatic carbocycles. The van der Waals surface area contributed by atoms with E-state index in [1.165, 1.54) is 5.56 Å². The Labute approximate surface area is 136 Å². The van der Waals surface area contributed by atoms with Crippen molar-refractivity contribution in [1.82, 2.24) is 0 Å². The number of aryl methyl sites for hydroxylation is 1. The predicted molar refractivity (Wildman–Crippen MR) is 90.4 cm³/mol. The average molecular weight is 356 g/mol. The number of fused-ring (bicyclic) bond motifs is 2. The minimum Gasteiger partial charge on any atom is -0.451 e. The first-order valence-electron chi connectivity index (χ1n) is 7.31. The lowest BCUT2D eigenvalue weighted by Gasteiger charge is -2.28. The van der Waals surface area contributed by atoms with Gasteiger partial charge in [0.25, 0.3) is 5.91 Å². The van der Waals surface area contributed by atoms with E-state index in [0.717, 1.165) is 40.5 Å². The van der Waals surface area contributed by atoms with E-state index >= 15 is 0 Å².